The van der Waals surface area contributed by atoms with Gasteiger partial charge >= 0.3 is 0 Å². The average molecular weight is 380 g/mol. The highest BCUT2D eigenvalue weighted by Gasteiger charge is 2.28. The third kappa shape index (κ3) is 4.05. The summed E-state index contributed by atoms with van der Waals surface area (Å²) in [5.41, 5.74) is 0.444. The molecule has 1 aromatic heterocycles. The highest BCUT2D eigenvalue weighted by atomic mass is 35.5. The van der Waals surface area contributed by atoms with Gasteiger partial charge in [0.2, 0.25) is 5.91 Å². The smallest absolute Gasteiger partial charge is 0.289 e. The number of hydrogen-bond acceptors (Lipinski definition) is 4. The molecule has 0 spiro atoms. The molecular weight excluding hydrogens is 361 g/mol. The Morgan fingerprint density at radius 3 is 2.58 bits per heavy atom. The predicted molar refractivity (Wildman–Crippen MR) is 95.7 cm³/mol. The van der Waals surface area contributed by atoms with E-state index in [-0.39, 0.29) is 22.9 Å². The Morgan fingerprint density at radius 2 is 1.96 bits per heavy atom. The number of piperazine rings is 1. The van der Waals surface area contributed by atoms with Crippen molar-refractivity contribution in [3.05, 3.63) is 53.2 Å². The lowest BCUT2D eigenvalue weighted by molar-refractivity contribution is -0.121. The Bertz CT molecular complexity index is 789. The number of nitrogens with zero attached hydrogens (tertiary/aromatic N) is 2. The van der Waals surface area contributed by atoms with Crippen molar-refractivity contribution in [1.82, 2.24) is 9.80 Å². The van der Waals surface area contributed by atoms with Crippen LogP contribution in [0.15, 0.2) is 41.0 Å². The third-order valence-electron chi connectivity index (χ3n) is 4.45. The molecule has 2 amide bonds. The summed E-state index contributed by atoms with van der Waals surface area (Å²) in [6.45, 7) is 3.97. The second-order valence-electron chi connectivity index (χ2n) is 6.10. The summed E-state index contributed by atoms with van der Waals surface area (Å²) in [6.07, 6.45) is 1.47. The van der Waals surface area contributed by atoms with E-state index >= 15 is 0 Å². The van der Waals surface area contributed by atoms with E-state index in [1.54, 1.807) is 24.0 Å². The number of nitrogens with one attached hydrogen (secondary N) is 1. The quantitative estimate of drug-likeness (QED) is 0.887. The standard InChI is InChI=1S/C18H19ClFN3O3/c1-12(17(24)21-13-4-5-15(20)14(19)11-13)22-6-8-23(9-7-22)18(25)16-3-2-10-26-16/h2-5,10-12H,6-9H2,1H3,(H,21,24). The number of amides is 2. The van der Waals surface area contributed by atoms with E-state index < -0.39 is 5.82 Å². The number of rotatable bonds is 4. The zero-order valence-electron chi connectivity index (χ0n) is 14.2. The fourth-order valence-electron chi connectivity index (χ4n) is 2.85. The van der Waals surface area contributed by atoms with Crippen LogP contribution in [-0.4, -0.2) is 53.8 Å². The number of hydrogen-bond donors (Lipinski definition) is 1. The van der Waals surface area contributed by atoms with Crippen molar-refractivity contribution in [1.29, 1.82) is 0 Å². The Balaban J connectivity index is 1.54. The Morgan fingerprint density at radius 1 is 1.23 bits per heavy atom. The van der Waals surface area contributed by atoms with Crippen molar-refractivity contribution in [3.8, 4) is 0 Å². The Kier molecular flexibility index (Phi) is 5.58. The molecule has 0 radical (unpaired) electrons. The van der Waals surface area contributed by atoms with E-state index in [2.05, 4.69) is 5.32 Å². The van der Waals surface area contributed by atoms with Gasteiger partial charge in [0.1, 0.15) is 5.82 Å². The van der Waals surface area contributed by atoms with Crippen LogP contribution < -0.4 is 5.32 Å². The summed E-state index contributed by atoms with van der Waals surface area (Å²) < 4.78 is 18.3. The van der Waals surface area contributed by atoms with E-state index in [0.717, 1.165) is 0 Å². The summed E-state index contributed by atoms with van der Waals surface area (Å²) in [4.78, 5) is 28.4. The molecule has 26 heavy (non-hydrogen) atoms. The number of benzene rings is 1. The van der Waals surface area contributed by atoms with Crippen LogP contribution in [0.3, 0.4) is 0 Å². The first kappa shape index (κ1) is 18.4. The van der Waals surface area contributed by atoms with Crippen molar-refractivity contribution >= 4 is 29.1 Å². The molecular formula is C18H19ClFN3O3. The third-order valence-corrected chi connectivity index (χ3v) is 4.74. The van der Waals surface area contributed by atoms with Gasteiger partial charge in [0.05, 0.1) is 17.3 Å². The SMILES string of the molecule is CC(C(=O)Nc1ccc(F)c(Cl)c1)N1CCN(C(=O)c2ccco2)CC1. The monoisotopic (exact) mass is 379 g/mol. The van der Waals surface area contributed by atoms with Crippen LogP contribution in [0.25, 0.3) is 0 Å². The summed E-state index contributed by atoms with van der Waals surface area (Å²) in [7, 11) is 0. The van der Waals surface area contributed by atoms with E-state index in [9.17, 15) is 14.0 Å². The Hall–Kier alpha value is -2.38. The van der Waals surface area contributed by atoms with Crippen LogP contribution >= 0.6 is 11.6 Å². The van der Waals surface area contributed by atoms with Gasteiger partial charge in [0, 0.05) is 31.9 Å². The van der Waals surface area contributed by atoms with E-state index in [4.69, 9.17) is 16.0 Å². The van der Waals surface area contributed by atoms with Gasteiger partial charge in [-0.25, -0.2) is 4.39 Å². The van der Waals surface area contributed by atoms with Gasteiger partial charge in [-0.15, -0.1) is 0 Å². The molecule has 0 aliphatic carbocycles. The maximum Gasteiger partial charge on any atom is 0.289 e. The molecule has 0 saturated carbocycles. The highest BCUT2D eigenvalue weighted by molar-refractivity contribution is 6.31. The molecule has 1 aliphatic heterocycles. The molecule has 0 bridgehead atoms. The van der Waals surface area contributed by atoms with Crippen molar-refractivity contribution in [2.75, 3.05) is 31.5 Å². The topological polar surface area (TPSA) is 65.8 Å². The zero-order chi connectivity index (χ0) is 18.7. The van der Waals surface area contributed by atoms with E-state index in [1.807, 2.05) is 4.90 Å². The second-order valence-corrected chi connectivity index (χ2v) is 6.51. The van der Waals surface area contributed by atoms with Crippen molar-refractivity contribution in [2.24, 2.45) is 0 Å². The number of carbonyl (C=O) groups excluding carboxylic acids is 2. The molecule has 6 nitrogen and oxygen atoms in total. The van der Waals surface area contributed by atoms with Gasteiger partial charge in [-0.2, -0.15) is 0 Å². The molecule has 1 atom stereocenters. The minimum atomic E-state index is -0.532. The second kappa shape index (κ2) is 7.88. The fourth-order valence-corrected chi connectivity index (χ4v) is 3.04. The van der Waals surface area contributed by atoms with E-state index in [0.29, 0.717) is 37.6 Å². The van der Waals surface area contributed by atoms with Crippen molar-refractivity contribution < 1.29 is 18.4 Å². The lowest BCUT2D eigenvalue weighted by Gasteiger charge is -2.37. The Labute approximate surface area is 155 Å². The van der Waals surface area contributed by atoms with Gasteiger partial charge in [0.15, 0.2) is 5.76 Å². The van der Waals surface area contributed by atoms with Crippen molar-refractivity contribution in [3.63, 3.8) is 0 Å². The van der Waals surface area contributed by atoms with Gasteiger partial charge < -0.3 is 14.6 Å². The number of furan rings is 1. The summed E-state index contributed by atoms with van der Waals surface area (Å²) in [5.74, 6) is -0.571. The predicted octanol–water partition coefficient (Wildman–Crippen LogP) is 2.86. The number of anilines is 1. The fraction of sp³-hybridized carbons (Fsp3) is 0.333. The normalized spacial score (nSPS) is 16.3. The first-order chi connectivity index (χ1) is 12.5. The molecule has 3 rings (SSSR count). The molecule has 1 aliphatic rings. The number of carbonyl (C=O) groups is 2. The van der Waals surface area contributed by atoms with Crippen LogP contribution in [-0.2, 0) is 4.79 Å². The van der Waals surface area contributed by atoms with Gasteiger partial charge in [-0.05, 0) is 37.3 Å². The first-order valence-electron chi connectivity index (χ1n) is 8.28. The highest BCUT2D eigenvalue weighted by Crippen LogP contribution is 2.20. The minimum absolute atomic E-state index is 0.0412. The minimum Gasteiger partial charge on any atom is -0.459 e. The molecule has 1 unspecified atom stereocenters. The largest absolute Gasteiger partial charge is 0.459 e. The average Bonchev–Trinajstić information content (AvgIpc) is 3.18. The molecule has 2 heterocycles. The van der Waals surface area contributed by atoms with Crippen LogP contribution in [0.1, 0.15) is 17.5 Å². The zero-order valence-corrected chi connectivity index (χ0v) is 15.0. The van der Waals surface area contributed by atoms with Gasteiger partial charge in [-0.3, -0.25) is 14.5 Å². The molecule has 1 N–H and O–H groups in total. The molecule has 138 valence electrons. The lowest BCUT2D eigenvalue weighted by atomic mass is 10.2. The lowest BCUT2D eigenvalue weighted by Crippen LogP contribution is -2.54. The number of halogens is 2. The van der Waals surface area contributed by atoms with Crippen LogP contribution in [0.5, 0.6) is 0 Å². The molecule has 1 saturated heterocycles. The van der Waals surface area contributed by atoms with Crippen LogP contribution in [0.4, 0.5) is 10.1 Å². The summed E-state index contributed by atoms with van der Waals surface area (Å²) in [5, 5.41) is 2.69. The van der Waals surface area contributed by atoms with E-state index in [1.165, 1.54) is 24.5 Å². The molecule has 1 fully saturated rings. The maximum atomic E-state index is 13.2. The summed E-state index contributed by atoms with van der Waals surface area (Å²) in [6, 6.07) is 6.98. The maximum absolute atomic E-state index is 13.2. The molecule has 1 aromatic carbocycles. The van der Waals surface area contributed by atoms with Gasteiger partial charge in [-0.1, -0.05) is 11.6 Å². The summed E-state index contributed by atoms with van der Waals surface area (Å²) >= 11 is 5.73. The van der Waals surface area contributed by atoms with Crippen LogP contribution in [0, 0.1) is 5.82 Å². The first-order valence-corrected chi connectivity index (χ1v) is 8.66. The van der Waals surface area contributed by atoms with Gasteiger partial charge in [0.25, 0.3) is 5.91 Å². The molecule has 2 aromatic rings. The van der Waals surface area contributed by atoms with Crippen molar-refractivity contribution in [2.45, 2.75) is 13.0 Å². The molecule has 8 heteroatoms. The van der Waals surface area contributed by atoms with Crippen LogP contribution in [0.2, 0.25) is 5.02 Å².